The van der Waals surface area contributed by atoms with Crippen molar-refractivity contribution in [3.8, 4) is 17.4 Å². The summed E-state index contributed by atoms with van der Waals surface area (Å²) < 4.78 is 10.6. The molecule has 84 valence electrons. The lowest BCUT2D eigenvalue weighted by molar-refractivity contribution is 0.376. The molecule has 0 bridgehead atoms. The van der Waals surface area contributed by atoms with Crippen LogP contribution in [0, 0.1) is 0 Å². The van der Waals surface area contributed by atoms with E-state index in [4.69, 9.17) is 9.26 Å². The Kier molecular flexibility index (Phi) is 2.19. The van der Waals surface area contributed by atoms with Crippen LogP contribution in [-0.4, -0.2) is 10.3 Å². The van der Waals surface area contributed by atoms with Crippen LogP contribution in [-0.2, 0) is 0 Å². The molecular weight excluding hydrogens is 218 g/mol. The van der Waals surface area contributed by atoms with Crippen LogP contribution >= 0.6 is 0 Å². The first-order valence-electron chi connectivity index (χ1n) is 5.14. The second-order valence-corrected chi connectivity index (χ2v) is 3.58. The Morgan fingerprint density at radius 3 is 2.65 bits per heavy atom. The predicted octanol–water partition coefficient (Wildman–Crippen LogP) is 3.33. The summed E-state index contributed by atoms with van der Waals surface area (Å²) >= 11 is 0. The summed E-state index contributed by atoms with van der Waals surface area (Å²) in [5, 5.41) is 13.4. The fourth-order valence-corrected chi connectivity index (χ4v) is 1.59. The summed E-state index contributed by atoms with van der Waals surface area (Å²) in [6.07, 6.45) is 0. The number of nitrogens with zero attached hydrogens (tertiary/aromatic N) is 1. The number of aromatic hydroxyl groups is 1. The number of para-hydroxylation sites is 1. The third kappa shape index (κ3) is 1.80. The van der Waals surface area contributed by atoms with Crippen molar-refractivity contribution in [2.24, 2.45) is 0 Å². The van der Waals surface area contributed by atoms with Crippen LogP contribution in [0.25, 0.3) is 11.0 Å². The minimum Gasteiger partial charge on any atom is -0.491 e. The number of ether oxygens (including phenoxy) is 1. The van der Waals surface area contributed by atoms with Crippen molar-refractivity contribution in [2.45, 2.75) is 0 Å². The highest BCUT2D eigenvalue weighted by Crippen LogP contribution is 2.29. The Bertz CT molecular complexity index is 646. The molecule has 0 unspecified atom stereocenters. The molecule has 0 saturated heterocycles. The first-order chi connectivity index (χ1) is 8.33. The van der Waals surface area contributed by atoms with Gasteiger partial charge in [0, 0.05) is 6.07 Å². The van der Waals surface area contributed by atoms with Gasteiger partial charge < -0.3 is 14.4 Å². The molecule has 0 radical (unpaired) electrons. The summed E-state index contributed by atoms with van der Waals surface area (Å²) in [5.74, 6) is 1.28. The van der Waals surface area contributed by atoms with Crippen molar-refractivity contribution in [2.75, 3.05) is 0 Å². The molecule has 0 aliphatic carbocycles. The summed E-state index contributed by atoms with van der Waals surface area (Å²) in [6.45, 7) is 0. The molecule has 0 atom stereocenters. The van der Waals surface area contributed by atoms with Gasteiger partial charge in [0.05, 0.1) is 5.39 Å². The number of rotatable bonds is 2. The van der Waals surface area contributed by atoms with Gasteiger partial charge in [0.1, 0.15) is 11.5 Å². The number of hydrogen-bond donors (Lipinski definition) is 1. The minimum absolute atomic E-state index is 0.105. The second kappa shape index (κ2) is 3.83. The molecule has 0 spiro atoms. The van der Waals surface area contributed by atoms with Crippen molar-refractivity contribution in [1.82, 2.24) is 5.16 Å². The van der Waals surface area contributed by atoms with Gasteiger partial charge in [-0.2, -0.15) is 0 Å². The maximum absolute atomic E-state index is 9.35. The van der Waals surface area contributed by atoms with E-state index in [-0.39, 0.29) is 5.88 Å². The smallest absolute Gasteiger partial charge is 0.259 e. The van der Waals surface area contributed by atoms with Gasteiger partial charge in [-0.05, 0) is 29.4 Å². The van der Waals surface area contributed by atoms with E-state index in [1.807, 2.05) is 30.3 Å². The van der Waals surface area contributed by atoms with Gasteiger partial charge in [0.25, 0.3) is 5.88 Å². The Balaban J connectivity index is 1.96. The zero-order valence-electron chi connectivity index (χ0n) is 8.83. The number of benzene rings is 2. The molecule has 3 rings (SSSR count). The van der Waals surface area contributed by atoms with Gasteiger partial charge in [-0.3, -0.25) is 0 Å². The summed E-state index contributed by atoms with van der Waals surface area (Å²) in [6, 6.07) is 14.6. The zero-order valence-corrected chi connectivity index (χ0v) is 8.83. The Morgan fingerprint density at radius 1 is 1.00 bits per heavy atom. The highest BCUT2D eigenvalue weighted by atomic mass is 16.5. The van der Waals surface area contributed by atoms with Gasteiger partial charge in [-0.1, -0.05) is 18.2 Å². The second-order valence-electron chi connectivity index (χ2n) is 3.58. The maximum atomic E-state index is 9.35. The van der Waals surface area contributed by atoms with Crippen LogP contribution in [0.1, 0.15) is 0 Å². The van der Waals surface area contributed by atoms with Gasteiger partial charge in [-0.25, -0.2) is 0 Å². The van der Waals surface area contributed by atoms with Crippen LogP contribution in [0.4, 0.5) is 0 Å². The van der Waals surface area contributed by atoms with E-state index < -0.39 is 0 Å². The van der Waals surface area contributed by atoms with Gasteiger partial charge in [-0.15, -0.1) is 0 Å². The van der Waals surface area contributed by atoms with Crippen molar-refractivity contribution < 1.29 is 14.4 Å². The largest absolute Gasteiger partial charge is 0.491 e. The molecule has 1 N–H and O–H groups in total. The van der Waals surface area contributed by atoms with Crippen LogP contribution in [0.5, 0.6) is 17.4 Å². The predicted molar refractivity (Wildman–Crippen MR) is 62.2 cm³/mol. The van der Waals surface area contributed by atoms with E-state index in [0.29, 0.717) is 16.7 Å². The van der Waals surface area contributed by atoms with Crippen molar-refractivity contribution in [3.63, 3.8) is 0 Å². The van der Waals surface area contributed by atoms with E-state index in [1.54, 1.807) is 18.2 Å². The van der Waals surface area contributed by atoms with Crippen LogP contribution in [0.3, 0.4) is 0 Å². The Hall–Kier alpha value is -2.49. The van der Waals surface area contributed by atoms with Gasteiger partial charge in [0.15, 0.2) is 5.58 Å². The molecule has 0 aliphatic heterocycles. The third-order valence-electron chi connectivity index (χ3n) is 2.40. The molecule has 4 heteroatoms. The molecule has 2 aromatic carbocycles. The van der Waals surface area contributed by atoms with E-state index in [0.717, 1.165) is 5.75 Å². The third-order valence-corrected chi connectivity index (χ3v) is 2.40. The van der Waals surface area contributed by atoms with E-state index >= 15 is 0 Å². The molecule has 0 amide bonds. The van der Waals surface area contributed by atoms with E-state index in [1.165, 1.54) is 0 Å². The lowest BCUT2D eigenvalue weighted by atomic mass is 10.2. The molecule has 0 fully saturated rings. The van der Waals surface area contributed by atoms with Crippen LogP contribution in [0.15, 0.2) is 53.1 Å². The fraction of sp³-hybridized carbons (Fsp3) is 0. The first-order valence-corrected chi connectivity index (χ1v) is 5.14. The van der Waals surface area contributed by atoms with E-state index in [2.05, 4.69) is 5.16 Å². The van der Waals surface area contributed by atoms with Crippen molar-refractivity contribution in [3.05, 3.63) is 48.5 Å². The summed E-state index contributed by atoms with van der Waals surface area (Å²) in [7, 11) is 0. The molecule has 1 aromatic heterocycles. The topological polar surface area (TPSA) is 55.5 Å². The van der Waals surface area contributed by atoms with Crippen molar-refractivity contribution >= 4 is 11.0 Å². The molecule has 1 heterocycles. The number of hydrogen-bond acceptors (Lipinski definition) is 4. The molecule has 4 nitrogen and oxygen atoms in total. The standard InChI is InChI=1S/C13H9NO3/c15-13-11-7-6-10(8-12(11)17-14-13)16-9-4-2-1-3-5-9/h1-8H,(H,14,15). The highest BCUT2D eigenvalue weighted by molar-refractivity contribution is 5.82. The average molecular weight is 227 g/mol. The lowest BCUT2D eigenvalue weighted by Gasteiger charge is -2.04. The zero-order chi connectivity index (χ0) is 11.7. The SMILES string of the molecule is Oc1noc2cc(Oc3ccccc3)ccc12. The van der Waals surface area contributed by atoms with Crippen LogP contribution in [0.2, 0.25) is 0 Å². The van der Waals surface area contributed by atoms with Gasteiger partial charge >= 0.3 is 0 Å². The van der Waals surface area contributed by atoms with E-state index in [9.17, 15) is 5.11 Å². The summed E-state index contributed by atoms with van der Waals surface area (Å²) in [4.78, 5) is 0. The Labute approximate surface area is 97.0 Å². The highest BCUT2D eigenvalue weighted by Gasteiger charge is 2.07. The quantitative estimate of drug-likeness (QED) is 0.729. The molecule has 3 aromatic rings. The van der Waals surface area contributed by atoms with Crippen molar-refractivity contribution in [1.29, 1.82) is 0 Å². The normalized spacial score (nSPS) is 10.6. The van der Waals surface area contributed by atoms with Gasteiger partial charge in [0.2, 0.25) is 0 Å². The molecule has 17 heavy (non-hydrogen) atoms. The molecule has 0 saturated carbocycles. The Morgan fingerprint density at radius 2 is 1.82 bits per heavy atom. The summed E-state index contributed by atoms with van der Waals surface area (Å²) in [5.41, 5.74) is 0.496. The maximum Gasteiger partial charge on any atom is 0.259 e. The minimum atomic E-state index is -0.105. The first kappa shape index (κ1) is 9.72. The number of fused-ring (bicyclic) bond motifs is 1. The number of aromatic nitrogens is 1. The fourth-order valence-electron chi connectivity index (χ4n) is 1.59. The van der Waals surface area contributed by atoms with Crippen LogP contribution < -0.4 is 4.74 Å². The molecule has 0 aliphatic rings. The molecular formula is C13H9NO3. The average Bonchev–Trinajstić information content (AvgIpc) is 2.72. The lowest BCUT2D eigenvalue weighted by Crippen LogP contribution is -1.82. The monoisotopic (exact) mass is 227 g/mol.